The van der Waals surface area contributed by atoms with Crippen LogP contribution in [-0.4, -0.2) is 12.5 Å². The van der Waals surface area contributed by atoms with Gasteiger partial charge >= 0.3 is 0 Å². The number of carbonyl (C=O) groups excluding carboxylic acids is 1. The zero-order valence-electron chi connectivity index (χ0n) is 8.37. The summed E-state index contributed by atoms with van der Waals surface area (Å²) in [4.78, 5) is 11.5. The Bertz CT molecular complexity index is 448. The molecule has 76 valence electrons. The molecular formula is C11H11N3O. The summed E-state index contributed by atoms with van der Waals surface area (Å²) in [5.74, 6) is -0.0840. The predicted molar refractivity (Wildman–Crippen MR) is 57.4 cm³/mol. The van der Waals surface area contributed by atoms with Crippen LogP contribution < -0.4 is 10.6 Å². The maximum Gasteiger partial charge on any atom is 0.229 e. The van der Waals surface area contributed by atoms with Gasteiger partial charge in [-0.15, -0.1) is 0 Å². The molecule has 1 aromatic carbocycles. The third-order valence-corrected chi connectivity index (χ3v) is 2.45. The Morgan fingerprint density at radius 2 is 2.27 bits per heavy atom. The lowest BCUT2D eigenvalue weighted by Crippen LogP contribution is -2.22. The molecule has 0 aliphatic carbocycles. The van der Waals surface area contributed by atoms with Crippen molar-refractivity contribution in [3.05, 3.63) is 23.8 Å². The van der Waals surface area contributed by atoms with E-state index in [4.69, 9.17) is 5.26 Å². The predicted octanol–water partition coefficient (Wildman–Crippen LogP) is 1.56. The molecule has 1 heterocycles. The van der Waals surface area contributed by atoms with Gasteiger partial charge in [0.1, 0.15) is 0 Å². The summed E-state index contributed by atoms with van der Waals surface area (Å²) in [5, 5.41) is 14.7. The Morgan fingerprint density at radius 1 is 1.47 bits per heavy atom. The van der Waals surface area contributed by atoms with Crippen molar-refractivity contribution in [2.75, 3.05) is 17.2 Å². The minimum atomic E-state index is -0.0667. The molecule has 1 aromatic rings. The molecule has 0 aromatic heterocycles. The first-order valence-electron chi connectivity index (χ1n) is 4.79. The van der Waals surface area contributed by atoms with E-state index in [0.29, 0.717) is 17.8 Å². The van der Waals surface area contributed by atoms with Crippen LogP contribution in [0.4, 0.5) is 11.4 Å². The second-order valence-corrected chi connectivity index (χ2v) is 3.64. The number of rotatable bonds is 0. The fraction of sp³-hybridized carbons (Fsp3) is 0.273. The topological polar surface area (TPSA) is 64.9 Å². The summed E-state index contributed by atoms with van der Waals surface area (Å²) in [6, 6.07) is 7.27. The van der Waals surface area contributed by atoms with Gasteiger partial charge in [-0.1, -0.05) is 6.92 Å². The van der Waals surface area contributed by atoms with Crippen molar-refractivity contribution in [1.82, 2.24) is 0 Å². The number of fused-ring (bicyclic) bond motifs is 1. The molecule has 0 saturated heterocycles. The van der Waals surface area contributed by atoms with E-state index in [1.807, 2.05) is 19.1 Å². The molecule has 1 unspecified atom stereocenters. The number of amides is 1. The van der Waals surface area contributed by atoms with E-state index in [-0.39, 0.29) is 11.8 Å². The van der Waals surface area contributed by atoms with Crippen molar-refractivity contribution in [2.24, 2.45) is 5.92 Å². The van der Waals surface area contributed by atoms with E-state index < -0.39 is 0 Å². The molecule has 1 atom stereocenters. The molecule has 1 aliphatic rings. The zero-order chi connectivity index (χ0) is 10.8. The third kappa shape index (κ3) is 1.77. The lowest BCUT2D eigenvalue weighted by Gasteiger charge is -2.06. The first-order chi connectivity index (χ1) is 7.20. The third-order valence-electron chi connectivity index (χ3n) is 2.45. The van der Waals surface area contributed by atoms with Crippen LogP contribution in [0.5, 0.6) is 0 Å². The van der Waals surface area contributed by atoms with E-state index in [9.17, 15) is 4.79 Å². The van der Waals surface area contributed by atoms with Crippen LogP contribution in [0, 0.1) is 17.2 Å². The Morgan fingerprint density at radius 3 is 3.00 bits per heavy atom. The van der Waals surface area contributed by atoms with E-state index in [1.54, 1.807) is 12.1 Å². The largest absolute Gasteiger partial charge is 0.383 e. The minimum Gasteiger partial charge on any atom is -0.383 e. The summed E-state index contributed by atoms with van der Waals surface area (Å²) >= 11 is 0. The summed E-state index contributed by atoms with van der Waals surface area (Å²) in [5.41, 5.74) is 2.10. The van der Waals surface area contributed by atoms with Gasteiger partial charge in [0.2, 0.25) is 5.91 Å². The molecule has 0 fully saturated rings. The number of nitrogens with one attached hydrogen (secondary N) is 2. The van der Waals surface area contributed by atoms with Gasteiger partial charge in [0.15, 0.2) is 0 Å². The van der Waals surface area contributed by atoms with Crippen molar-refractivity contribution in [3.8, 4) is 6.07 Å². The molecule has 4 nitrogen and oxygen atoms in total. The smallest absolute Gasteiger partial charge is 0.229 e. The number of anilines is 2. The van der Waals surface area contributed by atoms with Crippen LogP contribution >= 0.6 is 0 Å². The first kappa shape index (κ1) is 9.53. The quantitative estimate of drug-likeness (QED) is 0.669. The van der Waals surface area contributed by atoms with Gasteiger partial charge in [-0.3, -0.25) is 4.79 Å². The lowest BCUT2D eigenvalue weighted by atomic mass is 10.2. The average molecular weight is 201 g/mol. The lowest BCUT2D eigenvalue weighted by molar-refractivity contribution is -0.118. The fourth-order valence-corrected chi connectivity index (χ4v) is 1.48. The van der Waals surface area contributed by atoms with Crippen molar-refractivity contribution in [1.29, 1.82) is 5.26 Å². The van der Waals surface area contributed by atoms with Crippen molar-refractivity contribution >= 4 is 17.3 Å². The summed E-state index contributed by atoms with van der Waals surface area (Å²) in [7, 11) is 0. The number of benzene rings is 1. The van der Waals surface area contributed by atoms with Crippen LogP contribution in [0.2, 0.25) is 0 Å². The standard InChI is InChI=1S/C11H11N3O/c1-7-6-13-9-3-2-8(5-12)4-10(9)14-11(7)15/h2-4,7,13H,6H2,1H3,(H,14,15). The second-order valence-electron chi connectivity index (χ2n) is 3.64. The maximum atomic E-state index is 11.5. The summed E-state index contributed by atoms with van der Waals surface area (Å²) in [6.45, 7) is 2.48. The van der Waals surface area contributed by atoms with E-state index >= 15 is 0 Å². The van der Waals surface area contributed by atoms with Gasteiger partial charge in [0, 0.05) is 6.54 Å². The van der Waals surface area contributed by atoms with Crippen molar-refractivity contribution in [2.45, 2.75) is 6.92 Å². The van der Waals surface area contributed by atoms with E-state index in [0.717, 1.165) is 5.69 Å². The number of nitrogens with zero attached hydrogens (tertiary/aromatic N) is 1. The summed E-state index contributed by atoms with van der Waals surface area (Å²) in [6.07, 6.45) is 0. The molecule has 0 radical (unpaired) electrons. The number of carbonyl (C=O) groups is 1. The first-order valence-corrected chi connectivity index (χ1v) is 4.79. The van der Waals surface area contributed by atoms with Gasteiger partial charge in [-0.25, -0.2) is 0 Å². The monoisotopic (exact) mass is 201 g/mol. The molecule has 0 saturated carbocycles. The van der Waals surface area contributed by atoms with Crippen LogP contribution in [0.1, 0.15) is 12.5 Å². The molecule has 1 aliphatic heterocycles. The Hall–Kier alpha value is -2.02. The molecule has 2 N–H and O–H groups in total. The highest BCUT2D eigenvalue weighted by Gasteiger charge is 2.18. The zero-order valence-corrected chi connectivity index (χ0v) is 8.37. The number of hydrogen-bond acceptors (Lipinski definition) is 3. The highest BCUT2D eigenvalue weighted by Crippen LogP contribution is 2.26. The van der Waals surface area contributed by atoms with Crippen LogP contribution in [0.15, 0.2) is 18.2 Å². The second kappa shape index (κ2) is 3.62. The summed E-state index contributed by atoms with van der Waals surface area (Å²) < 4.78 is 0. The van der Waals surface area contributed by atoms with Crippen molar-refractivity contribution < 1.29 is 4.79 Å². The Kier molecular flexibility index (Phi) is 2.30. The Labute approximate surface area is 87.9 Å². The SMILES string of the molecule is CC1CNc2ccc(C#N)cc2NC1=O. The van der Waals surface area contributed by atoms with E-state index in [1.165, 1.54) is 0 Å². The molecular weight excluding hydrogens is 190 g/mol. The van der Waals surface area contributed by atoms with Crippen LogP contribution in [0.25, 0.3) is 0 Å². The fourth-order valence-electron chi connectivity index (χ4n) is 1.48. The Balaban J connectivity index is 2.40. The molecule has 2 rings (SSSR count). The highest BCUT2D eigenvalue weighted by atomic mass is 16.1. The molecule has 15 heavy (non-hydrogen) atoms. The van der Waals surface area contributed by atoms with Gasteiger partial charge in [-0.2, -0.15) is 5.26 Å². The van der Waals surface area contributed by atoms with Crippen LogP contribution in [0.3, 0.4) is 0 Å². The van der Waals surface area contributed by atoms with Gasteiger partial charge < -0.3 is 10.6 Å². The normalized spacial score (nSPS) is 19.2. The van der Waals surface area contributed by atoms with E-state index in [2.05, 4.69) is 10.6 Å². The van der Waals surface area contributed by atoms with Gasteiger partial charge in [0.05, 0.1) is 28.9 Å². The van der Waals surface area contributed by atoms with Gasteiger partial charge in [-0.05, 0) is 18.2 Å². The molecule has 4 heteroatoms. The van der Waals surface area contributed by atoms with Crippen LogP contribution in [-0.2, 0) is 4.79 Å². The number of hydrogen-bond donors (Lipinski definition) is 2. The average Bonchev–Trinajstić information content (AvgIpc) is 2.39. The van der Waals surface area contributed by atoms with Crippen molar-refractivity contribution in [3.63, 3.8) is 0 Å². The molecule has 0 bridgehead atoms. The highest BCUT2D eigenvalue weighted by molar-refractivity contribution is 5.97. The number of nitriles is 1. The minimum absolute atomic E-state index is 0.0173. The maximum absolute atomic E-state index is 11.5. The van der Waals surface area contributed by atoms with Gasteiger partial charge in [0.25, 0.3) is 0 Å². The molecule has 0 spiro atoms. The molecule has 1 amide bonds.